The topological polar surface area (TPSA) is 54.2 Å². The van der Waals surface area contributed by atoms with Crippen molar-refractivity contribution < 1.29 is 0 Å². The molecular formula is C16H28IN5. The molecule has 3 atom stereocenters. The van der Waals surface area contributed by atoms with Gasteiger partial charge in [-0.2, -0.15) is 5.10 Å². The molecule has 1 saturated carbocycles. The van der Waals surface area contributed by atoms with Gasteiger partial charge in [0, 0.05) is 37.8 Å². The van der Waals surface area contributed by atoms with Crippen LogP contribution in [-0.2, 0) is 12.8 Å². The minimum absolute atomic E-state index is 0. The van der Waals surface area contributed by atoms with Crippen molar-refractivity contribution in [2.75, 3.05) is 7.05 Å². The Bertz CT molecular complexity index is 537. The van der Waals surface area contributed by atoms with Crippen LogP contribution in [0.2, 0.25) is 0 Å². The van der Waals surface area contributed by atoms with Crippen molar-refractivity contribution in [1.82, 2.24) is 20.4 Å². The quantitative estimate of drug-likeness (QED) is 0.452. The Kier molecular flexibility index (Phi) is 5.74. The first-order valence-corrected chi connectivity index (χ1v) is 8.13. The summed E-state index contributed by atoms with van der Waals surface area (Å²) >= 11 is 0. The molecule has 6 heteroatoms. The molecule has 0 aromatic carbocycles. The molecule has 0 saturated heterocycles. The fourth-order valence-corrected chi connectivity index (χ4v) is 2.96. The lowest BCUT2D eigenvalue weighted by atomic mass is 9.94. The summed E-state index contributed by atoms with van der Waals surface area (Å²) in [6.45, 7) is 6.63. The van der Waals surface area contributed by atoms with Crippen molar-refractivity contribution in [1.29, 1.82) is 0 Å². The molecule has 1 aromatic heterocycles. The van der Waals surface area contributed by atoms with Gasteiger partial charge in [0.25, 0.3) is 0 Å². The zero-order valence-corrected chi connectivity index (χ0v) is 16.3. The first-order valence-electron chi connectivity index (χ1n) is 8.13. The van der Waals surface area contributed by atoms with E-state index in [1.165, 1.54) is 17.7 Å². The third-order valence-electron chi connectivity index (χ3n) is 4.62. The Hall–Kier alpha value is -0.790. The average Bonchev–Trinajstić information content (AvgIpc) is 2.99. The molecule has 3 rings (SSSR count). The van der Waals surface area contributed by atoms with E-state index in [-0.39, 0.29) is 24.0 Å². The smallest absolute Gasteiger partial charge is 0.191 e. The Balaban J connectivity index is 0.00000176. The number of aryl methyl sites for hydroxylation is 1. The zero-order valence-electron chi connectivity index (χ0n) is 14.0. The van der Waals surface area contributed by atoms with Crippen LogP contribution in [-0.4, -0.2) is 34.9 Å². The molecule has 2 aliphatic carbocycles. The van der Waals surface area contributed by atoms with Crippen LogP contribution in [0, 0.1) is 5.92 Å². The lowest BCUT2D eigenvalue weighted by Gasteiger charge is -2.24. The normalized spacial score (nSPS) is 27.1. The van der Waals surface area contributed by atoms with Gasteiger partial charge in [0.1, 0.15) is 0 Å². The lowest BCUT2D eigenvalue weighted by Crippen LogP contribution is -2.46. The molecule has 0 radical (unpaired) electrons. The van der Waals surface area contributed by atoms with Crippen LogP contribution in [0.4, 0.5) is 0 Å². The monoisotopic (exact) mass is 417 g/mol. The number of hydrogen-bond donors (Lipinski definition) is 2. The minimum atomic E-state index is 0. The SMILES string of the molecule is CN=C(NC1CCc2cn(C(C)C)nc2C1)NC1CC1C.I. The number of aromatic nitrogens is 2. The van der Waals surface area contributed by atoms with Crippen molar-refractivity contribution in [2.24, 2.45) is 10.9 Å². The Morgan fingerprint density at radius 3 is 2.73 bits per heavy atom. The number of nitrogens with zero attached hydrogens (tertiary/aromatic N) is 3. The Morgan fingerprint density at radius 1 is 1.41 bits per heavy atom. The zero-order chi connectivity index (χ0) is 15.0. The van der Waals surface area contributed by atoms with Crippen LogP contribution < -0.4 is 10.6 Å². The van der Waals surface area contributed by atoms with Gasteiger partial charge in [0.15, 0.2) is 5.96 Å². The van der Waals surface area contributed by atoms with Crippen LogP contribution >= 0.6 is 24.0 Å². The maximum atomic E-state index is 4.74. The van der Waals surface area contributed by atoms with E-state index in [2.05, 4.69) is 47.3 Å². The highest BCUT2D eigenvalue weighted by atomic mass is 127. The standard InChI is InChI=1S/C16H27N5.HI/c1-10(2)21-9-12-5-6-13(8-15(12)20-21)18-16(17-4)19-14-7-11(14)3;/h9-11,13-14H,5-8H2,1-4H3,(H2,17,18,19);1H. The fraction of sp³-hybridized carbons (Fsp3) is 0.750. The molecule has 22 heavy (non-hydrogen) atoms. The molecule has 1 heterocycles. The second-order valence-corrected chi connectivity index (χ2v) is 6.79. The van der Waals surface area contributed by atoms with E-state index in [1.54, 1.807) is 0 Å². The highest BCUT2D eigenvalue weighted by molar-refractivity contribution is 14.0. The summed E-state index contributed by atoms with van der Waals surface area (Å²) in [5, 5.41) is 11.8. The minimum Gasteiger partial charge on any atom is -0.353 e. The predicted molar refractivity (Wildman–Crippen MR) is 101 cm³/mol. The molecular weight excluding hydrogens is 389 g/mol. The molecule has 1 fully saturated rings. The van der Waals surface area contributed by atoms with E-state index >= 15 is 0 Å². The molecule has 0 spiro atoms. The molecule has 0 aliphatic heterocycles. The van der Waals surface area contributed by atoms with Crippen molar-refractivity contribution in [3.63, 3.8) is 0 Å². The van der Waals surface area contributed by atoms with Gasteiger partial charge in [0.05, 0.1) is 5.69 Å². The van der Waals surface area contributed by atoms with E-state index in [4.69, 9.17) is 5.10 Å². The Labute approximate surface area is 150 Å². The van der Waals surface area contributed by atoms with Crippen molar-refractivity contribution in [3.05, 3.63) is 17.5 Å². The van der Waals surface area contributed by atoms with E-state index in [9.17, 15) is 0 Å². The highest BCUT2D eigenvalue weighted by Gasteiger charge is 2.33. The number of halogens is 1. The molecule has 124 valence electrons. The first-order chi connectivity index (χ1) is 10.1. The van der Waals surface area contributed by atoms with Crippen molar-refractivity contribution >= 4 is 29.9 Å². The fourth-order valence-electron chi connectivity index (χ4n) is 2.96. The van der Waals surface area contributed by atoms with Gasteiger partial charge in [-0.25, -0.2) is 0 Å². The summed E-state index contributed by atoms with van der Waals surface area (Å²) in [7, 11) is 1.85. The summed E-state index contributed by atoms with van der Waals surface area (Å²) in [5.41, 5.74) is 2.67. The van der Waals surface area contributed by atoms with Crippen LogP contribution in [0.1, 0.15) is 50.9 Å². The highest BCUT2D eigenvalue weighted by Crippen LogP contribution is 2.29. The largest absolute Gasteiger partial charge is 0.353 e. The van der Waals surface area contributed by atoms with Crippen LogP contribution in [0.15, 0.2) is 11.2 Å². The average molecular weight is 417 g/mol. The summed E-state index contributed by atoms with van der Waals surface area (Å²) in [4.78, 5) is 4.35. The van der Waals surface area contributed by atoms with E-state index in [0.29, 0.717) is 18.1 Å². The third kappa shape index (κ3) is 3.94. The Morgan fingerprint density at radius 2 is 2.14 bits per heavy atom. The van der Waals surface area contributed by atoms with E-state index in [1.807, 2.05) is 7.05 Å². The first kappa shape index (κ1) is 17.6. The molecule has 1 aromatic rings. The molecule has 0 bridgehead atoms. The summed E-state index contributed by atoms with van der Waals surface area (Å²) in [5.74, 6) is 1.73. The number of rotatable bonds is 3. The van der Waals surface area contributed by atoms with Gasteiger partial charge >= 0.3 is 0 Å². The molecule has 2 aliphatic rings. The van der Waals surface area contributed by atoms with Gasteiger partial charge in [-0.3, -0.25) is 9.67 Å². The number of fused-ring (bicyclic) bond motifs is 1. The van der Waals surface area contributed by atoms with E-state index < -0.39 is 0 Å². The van der Waals surface area contributed by atoms with Gasteiger partial charge < -0.3 is 10.6 Å². The summed E-state index contributed by atoms with van der Waals surface area (Å²) in [6.07, 6.45) is 6.73. The molecule has 3 unspecified atom stereocenters. The summed E-state index contributed by atoms with van der Waals surface area (Å²) in [6, 6.07) is 1.48. The van der Waals surface area contributed by atoms with Crippen LogP contribution in [0.5, 0.6) is 0 Å². The predicted octanol–water partition coefficient (Wildman–Crippen LogP) is 2.51. The van der Waals surface area contributed by atoms with Crippen molar-refractivity contribution in [3.8, 4) is 0 Å². The van der Waals surface area contributed by atoms with Gasteiger partial charge in [-0.05, 0) is 44.6 Å². The van der Waals surface area contributed by atoms with Crippen LogP contribution in [0.3, 0.4) is 0 Å². The molecule has 2 N–H and O–H groups in total. The number of guanidine groups is 1. The number of nitrogens with one attached hydrogen (secondary N) is 2. The number of hydrogen-bond acceptors (Lipinski definition) is 2. The second-order valence-electron chi connectivity index (χ2n) is 6.79. The van der Waals surface area contributed by atoms with E-state index in [0.717, 1.165) is 31.1 Å². The lowest BCUT2D eigenvalue weighted by molar-refractivity contribution is 0.499. The molecule has 5 nitrogen and oxygen atoms in total. The number of aliphatic imine (C=N–C) groups is 1. The van der Waals surface area contributed by atoms with Gasteiger partial charge in [-0.1, -0.05) is 6.92 Å². The molecule has 0 amide bonds. The van der Waals surface area contributed by atoms with Gasteiger partial charge in [0.2, 0.25) is 0 Å². The van der Waals surface area contributed by atoms with Gasteiger partial charge in [-0.15, -0.1) is 24.0 Å². The van der Waals surface area contributed by atoms with Crippen molar-refractivity contribution in [2.45, 2.75) is 64.6 Å². The maximum Gasteiger partial charge on any atom is 0.191 e. The van der Waals surface area contributed by atoms with Crippen LogP contribution in [0.25, 0.3) is 0 Å². The maximum absolute atomic E-state index is 4.74. The summed E-state index contributed by atoms with van der Waals surface area (Å²) < 4.78 is 2.09. The third-order valence-corrected chi connectivity index (χ3v) is 4.62. The second kappa shape index (κ2) is 7.19.